The molecule has 0 amide bonds. The fraction of sp³-hybridized carbons (Fsp3) is 0.933. The average Bonchev–Trinajstić information content (AvgIpc) is 2.89. The van der Waals surface area contributed by atoms with Crippen LogP contribution in [0.4, 0.5) is 0 Å². The zero-order valence-electron chi connectivity index (χ0n) is 11.5. The number of nitriles is 1. The molecule has 1 aliphatic heterocycles. The largest absolute Gasteiger partial charge is 0.303 e. The monoisotopic (exact) mass is 247 g/mol. The molecule has 0 radical (unpaired) electrons. The molecule has 3 nitrogen and oxygen atoms in total. The normalized spacial score (nSPS) is 35.1. The second kappa shape index (κ2) is 4.83. The van der Waals surface area contributed by atoms with E-state index in [1.165, 1.54) is 45.2 Å². The Morgan fingerprint density at radius 1 is 1.22 bits per heavy atom. The number of likely N-dealkylation sites (tertiary alicyclic amines) is 1. The smallest absolute Gasteiger partial charge is 0.105 e. The van der Waals surface area contributed by atoms with Crippen LogP contribution in [0.3, 0.4) is 0 Å². The maximum Gasteiger partial charge on any atom is 0.105 e. The van der Waals surface area contributed by atoms with Crippen LogP contribution in [0, 0.1) is 23.2 Å². The first kappa shape index (κ1) is 12.4. The van der Waals surface area contributed by atoms with Crippen molar-refractivity contribution in [3.63, 3.8) is 0 Å². The zero-order chi connectivity index (χ0) is 12.6. The lowest BCUT2D eigenvalue weighted by molar-refractivity contribution is 0.271. The molecule has 1 heterocycles. The van der Waals surface area contributed by atoms with Crippen LogP contribution in [-0.4, -0.2) is 36.1 Å². The minimum atomic E-state index is -0.307. The van der Waals surface area contributed by atoms with E-state index in [1.54, 1.807) is 0 Å². The van der Waals surface area contributed by atoms with Gasteiger partial charge >= 0.3 is 0 Å². The molecule has 3 rings (SSSR count). The maximum atomic E-state index is 9.37. The highest BCUT2D eigenvalue weighted by Crippen LogP contribution is 2.37. The molecule has 1 saturated heterocycles. The Kier molecular flexibility index (Phi) is 3.34. The summed E-state index contributed by atoms with van der Waals surface area (Å²) in [6, 6.07) is 3.10. The predicted octanol–water partition coefficient (Wildman–Crippen LogP) is 2.14. The topological polar surface area (TPSA) is 39.1 Å². The fourth-order valence-corrected chi connectivity index (χ4v) is 3.74. The lowest BCUT2D eigenvalue weighted by atomic mass is 9.99. The summed E-state index contributed by atoms with van der Waals surface area (Å²) in [4.78, 5) is 2.60. The Morgan fingerprint density at radius 2 is 1.89 bits per heavy atom. The number of rotatable bonds is 5. The summed E-state index contributed by atoms with van der Waals surface area (Å²) < 4.78 is 0. The molecule has 18 heavy (non-hydrogen) atoms. The molecule has 3 heteroatoms. The van der Waals surface area contributed by atoms with Crippen molar-refractivity contribution in [3.8, 4) is 6.07 Å². The number of hydrogen-bond acceptors (Lipinski definition) is 3. The first-order valence-electron chi connectivity index (χ1n) is 7.60. The van der Waals surface area contributed by atoms with E-state index in [9.17, 15) is 5.26 Å². The van der Waals surface area contributed by atoms with Gasteiger partial charge in [-0.2, -0.15) is 5.26 Å². The molecule has 1 N–H and O–H groups in total. The van der Waals surface area contributed by atoms with Gasteiger partial charge in [-0.1, -0.05) is 6.42 Å². The van der Waals surface area contributed by atoms with Gasteiger partial charge in [0, 0.05) is 25.7 Å². The maximum absolute atomic E-state index is 9.37. The van der Waals surface area contributed by atoms with Crippen molar-refractivity contribution < 1.29 is 0 Å². The van der Waals surface area contributed by atoms with Gasteiger partial charge < -0.3 is 4.90 Å². The first-order valence-corrected chi connectivity index (χ1v) is 7.60. The molecular formula is C15H25N3. The standard InChI is InChI=1S/C15H25N3/c1-15(11-16,17-14-5-6-14)7-8-18-9-12-3-2-4-13(12)10-18/h12-14,17H,2-10H2,1H3. The van der Waals surface area contributed by atoms with Gasteiger partial charge in [-0.3, -0.25) is 5.32 Å². The van der Waals surface area contributed by atoms with Gasteiger partial charge in [0.15, 0.2) is 0 Å². The Balaban J connectivity index is 1.47. The molecule has 3 unspecified atom stereocenters. The molecule has 3 atom stereocenters. The van der Waals surface area contributed by atoms with Gasteiger partial charge in [0.05, 0.1) is 6.07 Å². The summed E-state index contributed by atoms with van der Waals surface area (Å²) in [5.41, 5.74) is -0.307. The van der Waals surface area contributed by atoms with Crippen molar-refractivity contribution in [2.75, 3.05) is 19.6 Å². The van der Waals surface area contributed by atoms with Crippen LogP contribution >= 0.6 is 0 Å². The minimum absolute atomic E-state index is 0.307. The van der Waals surface area contributed by atoms with Crippen LogP contribution in [0.5, 0.6) is 0 Å². The molecule has 0 spiro atoms. The Morgan fingerprint density at radius 3 is 2.44 bits per heavy atom. The van der Waals surface area contributed by atoms with Crippen molar-refractivity contribution in [2.45, 2.75) is 57.0 Å². The molecule has 2 saturated carbocycles. The lowest BCUT2D eigenvalue weighted by Crippen LogP contribution is -2.44. The van der Waals surface area contributed by atoms with Crippen LogP contribution in [0.2, 0.25) is 0 Å². The Hall–Kier alpha value is -0.590. The minimum Gasteiger partial charge on any atom is -0.303 e. The summed E-state index contributed by atoms with van der Waals surface area (Å²) in [6.07, 6.45) is 7.81. The van der Waals surface area contributed by atoms with E-state index in [2.05, 4.69) is 23.2 Å². The van der Waals surface area contributed by atoms with Crippen molar-refractivity contribution in [2.24, 2.45) is 11.8 Å². The summed E-state index contributed by atoms with van der Waals surface area (Å²) in [5.74, 6) is 1.93. The van der Waals surface area contributed by atoms with Gasteiger partial charge in [-0.05, 0) is 50.9 Å². The number of hydrogen-bond donors (Lipinski definition) is 1. The predicted molar refractivity (Wildman–Crippen MR) is 72.1 cm³/mol. The highest BCUT2D eigenvalue weighted by atomic mass is 15.2. The average molecular weight is 247 g/mol. The summed E-state index contributed by atoms with van der Waals surface area (Å²) in [7, 11) is 0. The van der Waals surface area contributed by atoms with E-state index in [4.69, 9.17) is 0 Å². The first-order chi connectivity index (χ1) is 8.68. The highest BCUT2D eigenvalue weighted by molar-refractivity contribution is 5.07. The Bertz CT molecular complexity index is 332. The van der Waals surface area contributed by atoms with Gasteiger partial charge in [0.25, 0.3) is 0 Å². The van der Waals surface area contributed by atoms with Gasteiger partial charge in [-0.15, -0.1) is 0 Å². The summed E-state index contributed by atoms with van der Waals surface area (Å²) in [5, 5.41) is 12.9. The van der Waals surface area contributed by atoms with Crippen molar-refractivity contribution >= 4 is 0 Å². The van der Waals surface area contributed by atoms with Crippen LogP contribution in [0.15, 0.2) is 0 Å². The molecule has 0 bridgehead atoms. The second-order valence-corrected chi connectivity index (χ2v) is 6.82. The quantitative estimate of drug-likeness (QED) is 0.809. The number of nitrogens with one attached hydrogen (secondary N) is 1. The van der Waals surface area contributed by atoms with Crippen molar-refractivity contribution in [1.82, 2.24) is 10.2 Å². The fourth-order valence-electron chi connectivity index (χ4n) is 3.74. The van der Waals surface area contributed by atoms with Gasteiger partial charge in [0.2, 0.25) is 0 Å². The summed E-state index contributed by atoms with van der Waals surface area (Å²) in [6.45, 7) is 5.74. The van der Waals surface area contributed by atoms with Crippen LogP contribution in [-0.2, 0) is 0 Å². The molecule has 0 aromatic heterocycles. The SMILES string of the molecule is CC(C#N)(CCN1CC2CCCC2C1)NC1CC1. The third-order valence-electron chi connectivity index (χ3n) is 5.08. The van der Waals surface area contributed by atoms with Crippen LogP contribution < -0.4 is 5.32 Å². The Labute approximate surface area is 111 Å². The van der Waals surface area contributed by atoms with E-state index < -0.39 is 0 Å². The van der Waals surface area contributed by atoms with E-state index in [-0.39, 0.29) is 5.54 Å². The zero-order valence-corrected chi connectivity index (χ0v) is 11.5. The molecule has 3 aliphatic rings. The van der Waals surface area contributed by atoms with Crippen molar-refractivity contribution in [1.29, 1.82) is 5.26 Å². The van der Waals surface area contributed by atoms with E-state index in [0.717, 1.165) is 24.8 Å². The third-order valence-corrected chi connectivity index (χ3v) is 5.08. The number of nitrogens with zero attached hydrogens (tertiary/aromatic N) is 2. The molecule has 0 aromatic rings. The number of fused-ring (bicyclic) bond motifs is 1. The second-order valence-electron chi connectivity index (χ2n) is 6.82. The van der Waals surface area contributed by atoms with Crippen molar-refractivity contribution in [3.05, 3.63) is 0 Å². The highest BCUT2D eigenvalue weighted by Gasteiger charge is 2.37. The van der Waals surface area contributed by atoms with E-state index in [0.29, 0.717) is 6.04 Å². The third kappa shape index (κ3) is 2.70. The molecular weight excluding hydrogens is 222 g/mol. The molecule has 0 aromatic carbocycles. The molecule has 2 aliphatic carbocycles. The van der Waals surface area contributed by atoms with Gasteiger partial charge in [-0.25, -0.2) is 0 Å². The van der Waals surface area contributed by atoms with Crippen LogP contribution in [0.1, 0.15) is 45.4 Å². The van der Waals surface area contributed by atoms with Gasteiger partial charge in [0.1, 0.15) is 5.54 Å². The molecule has 100 valence electrons. The van der Waals surface area contributed by atoms with E-state index >= 15 is 0 Å². The molecule has 3 fully saturated rings. The summed E-state index contributed by atoms with van der Waals surface area (Å²) >= 11 is 0. The van der Waals surface area contributed by atoms with Crippen LogP contribution in [0.25, 0.3) is 0 Å². The van der Waals surface area contributed by atoms with E-state index in [1.807, 2.05) is 0 Å². The lowest BCUT2D eigenvalue weighted by Gasteiger charge is -2.26.